The second-order valence-electron chi connectivity index (χ2n) is 6.01. The van der Waals surface area contributed by atoms with Gasteiger partial charge in [-0.15, -0.1) is 0 Å². The normalized spacial score (nSPS) is 24.8. The van der Waals surface area contributed by atoms with Crippen LogP contribution in [0.1, 0.15) is 24.5 Å². The molecule has 0 saturated heterocycles. The van der Waals surface area contributed by atoms with E-state index in [0.29, 0.717) is 24.3 Å². The lowest BCUT2D eigenvalue weighted by Gasteiger charge is -2.19. The summed E-state index contributed by atoms with van der Waals surface area (Å²) in [7, 11) is 0. The Balaban J connectivity index is 1.83. The fourth-order valence-electron chi connectivity index (χ4n) is 2.94. The summed E-state index contributed by atoms with van der Waals surface area (Å²) < 4.78 is 19.5. The van der Waals surface area contributed by atoms with Gasteiger partial charge in [-0.1, -0.05) is 30.3 Å². The molecule has 116 valence electrons. The maximum absolute atomic E-state index is 13.6. The zero-order valence-corrected chi connectivity index (χ0v) is 12.5. The van der Waals surface area contributed by atoms with Crippen molar-refractivity contribution >= 4 is 0 Å². The number of aliphatic hydroxyl groups excluding tert-OH is 1. The van der Waals surface area contributed by atoms with E-state index in [1.54, 1.807) is 13.0 Å². The minimum atomic E-state index is -0.706. The van der Waals surface area contributed by atoms with Crippen LogP contribution in [0.3, 0.4) is 0 Å². The van der Waals surface area contributed by atoms with Crippen LogP contribution in [0, 0.1) is 11.7 Å². The molecule has 2 aromatic carbocycles. The highest BCUT2D eigenvalue weighted by Crippen LogP contribution is 2.54. The molecule has 1 aliphatic rings. The van der Waals surface area contributed by atoms with Gasteiger partial charge in [0.1, 0.15) is 18.2 Å². The molecule has 3 unspecified atom stereocenters. The van der Waals surface area contributed by atoms with Crippen LogP contribution in [0.5, 0.6) is 5.75 Å². The Kier molecular flexibility index (Phi) is 3.89. The van der Waals surface area contributed by atoms with Gasteiger partial charge in [-0.3, -0.25) is 0 Å². The van der Waals surface area contributed by atoms with E-state index in [4.69, 9.17) is 10.5 Å². The van der Waals surface area contributed by atoms with E-state index >= 15 is 0 Å². The van der Waals surface area contributed by atoms with E-state index in [0.717, 1.165) is 5.56 Å². The third-order valence-electron chi connectivity index (χ3n) is 4.32. The van der Waals surface area contributed by atoms with E-state index in [9.17, 15) is 9.50 Å². The molecule has 1 fully saturated rings. The molecule has 0 aromatic heterocycles. The van der Waals surface area contributed by atoms with E-state index in [1.165, 1.54) is 12.1 Å². The topological polar surface area (TPSA) is 55.5 Å². The first-order chi connectivity index (χ1) is 10.5. The average Bonchev–Trinajstić information content (AvgIpc) is 3.21. The molecule has 3 N–H and O–H groups in total. The fourth-order valence-corrected chi connectivity index (χ4v) is 2.94. The third-order valence-corrected chi connectivity index (χ3v) is 4.32. The first kappa shape index (κ1) is 15.0. The molecule has 0 radical (unpaired) electrons. The molecule has 1 aliphatic carbocycles. The van der Waals surface area contributed by atoms with Crippen LogP contribution in [-0.2, 0) is 12.1 Å². The largest absolute Gasteiger partial charge is 0.489 e. The fraction of sp³-hybridized carbons (Fsp3) is 0.333. The lowest BCUT2D eigenvalue weighted by atomic mass is 10.00. The summed E-state index contributed by atoms with van der Waals surface area (Å²) >= 11 is 0. The second-order valence-corrected chi connectivity index (χ2v) is 6.01. The molecule has 1 saturated carbocycles. The number of aliphatic hydroxyl groups is 1. The van der Waals surface area contributed by atoms with Gasteiger partial charge in [0.2, 0.25) is 0 Å². The van der Waals surface area contributed by atoms with Crippen molar-refractivity contribution in [2.24, 2.45) is 11.7 Å². The highest BCUT2D eigenvalue weighted by Gasteiger charge is 2.56. The van der Waals surface area contributed by atoms with Crippen LogP contribution < -0.4 is 10.5 Å². The van der Waals surface area contributed by atoms with Crippen LogP contribution in [0.15, 0.2) is 48.5 Å². The molecule has 0 bridgehead atoms. The zero-order chi connectivity index (χ0) is 15.7. The van der Waals surface area contributed by atoms with E-state index < -0.39 is 11.6 Å². The number of rotatable bonds is 5. The van der Waals surface area contributed by atoms with Gasteiger partial charge >= 0.3 is 0 Å². The van der Waals surface area contributed by atoms with E-state index in [-0.39, 0.29) is 11.7 Å². The zero-order valence-electron chi connectivity index (χ0n) is 12.5. The minimum absolute atomic E-state index is 0.0617. The molecule has 0 spiro atoms. The van der Waals surface area contributed by atoms with E-state index in [1.807, 2.05) is 30.3 Å². The Morgan fingerprint density at radius 1 is 1.32 bits per heavy atom. The molecular formula is C18H20FNO2. The van der Waals surface area contributed by atoms with Crippen LogP contribution in [0.4, 0.5) is 4.39 Å². The van der Waals surface area contributed by atoms with Crippen molar-refractivity contribution in [2.45, 2.75) is 31.6 Å². The average molecular weight is 301 g/mol. The summed E-state index contributed by atoms with van der Waals surface area (Å²) in [6.07, 6.45) is 0.116. The van der Waals surface area contributed by atoms with Crippen molar-refractivity contribution in [2.75, 3.05) is 0 Å². The highest BCUT2D eigenvalue weighted by atomic mass is 19.1. The Morgan fingerprint density at radius 2 is 2.05 bits per heavy atom. The van der Waals surface area contributed by atoms with Gasteiger partial charge in [0, 0.05) is 11.5 Å². The quantitative estimate of drug-likeness (QED) is 0.892. The maximum atomic E-state index is 13.6. The number of hydrogen-bond acceptors (Lipinski definition) is 3. The van der Waals surface area contributed by atoms with Crippen molar-refractivity contribution in [1.29, 1.82) is 0 Å². The summed E-state index contributed by atoms with van der Waals surface area (Å²) in [5.41, 5.74) is 7.31. The Morgan fingerprint density at radius 3 is 2.68 bits per heavy atom. The van der Waals surface area contributed by atoms with Gasteiger partial charge in [0.15, 0.2) is 0 Å². The van der Waals surface area contributed by atoms with Gasteiger partial charge in [-0.2, -0.15) is 0 Å². The number of nitrogens with two attached hydrogens (primary N) is 1. The van der Waals surface area contributed by atoms with Crippen molar-refractivity contribution in [3.05, 3.63) is 65.5 Å². The maximum Gasteiger partial charge on any atom is 0.125 e. The Bertz CT molecular complexity index is 659. The van der Waals surface area contributed by atoms with Crippen LogP contribution >= 0.6 is 0 Å². The van der Waals surface area contributed by atoms with Crippen molar-refractivity contribution < 1.29 is 14.2 Å². The first-order valence-electron chi connectivity index (χ1n) is 7.44. The lowest BCUT2D eigenvalue weighted by Crippen LogP contribution is -2.27. The molecular weight excluding hydrogens is 281 g/mol. The Labute approximate surface area is 129 Å². The lowest BCUT2D eigenvalue weighted by molar-refractivity contribution is 0.160. The molecule has 4 heteroatoms. The first-order valence-corrected chi connectivity index (χ1v) is 7.44. The predicted molar refractivity (Wildman–Crippen MR) is 82.8 cm³/mol. The number of halogens is 1. The molecule has 3 nitrogen and oxygen atoms in total. The van der Waals surface area contributed by atoms with Crippen LogP contribution in [0.2, 0.25) is 0 Å². The summed E-state index contributed by atoms with van der Waals surface area (Å²) in [5.74, 6) is 0.174. The standard InChI is InChI=1S/C18H20FNO2/c1-12(21)16-10-18(16,20)15-9-14(19)7-8-17(15)22-11-13-5-3-2-4-6-13/h2-9,12,16,21H,10-11,20H2,1H3. The number of hydrogen-bond donors (Lipinski definition) is 2. The molecule has 22 heavy (non-hydrogen) atoms. The molecule has 3 rings (SSSR count). The summed E-state index contributed by atoms with van der Waals surface area (Å²) in [4.78, 5) is 0. The van der Waals surface area contributed by atoms with Crippen molar-refractivity contribution in [1.82, 2.24) is 0 Å². The Hall–Kier alpha value is -1.91. The smallest absolute Gasteiger partial charge is 0.125 e. The van der Waals surface area contributed by atoms with Gasteiger partial charge in [0.05, 0.1) is 11.6 Å². The second kappa shape index (κ2) is 5.71. The third kappa shape index (κ3) is 2.85. The van der Waals surface area contributed by atoms with Gasteiger partial charge in [-0.05, 0) is 37.1 Å². The van der Waals surface area contributed by atoms with E-state index in [2.05, 4.69) is 0 Å². The van der Waals surface area contributed by atoms with Crippen LogP contribution in [0.25, 0.3) is 0 Å². The summed E-state index contributed by atoms with van der Waals surface area (Å²) in [6, 6.07) is 14.2. The molecule has 0 heterocycles. The summed E-state index contributed by atoms with van der Waals surface area (Å²) in [5, 5.41) is 9.74. The predicted octanol–water partition coefficient (Wildman–Crippen LogP) is 2.96. The van der Waals surface area contributed by atoms with Crippen molar-refractivity contribution in [3.63, 3.8) is 0 Å². The molecule has 3 atom stereocenters. The van der Waals surface area contributed by atoms with Gasteiger partial charge < -0.3 is 15.6 Å². The monoisotopic (exact) mass is 301 g/mol. The highest BCUT2D eigenvalue weighted by molar-refractivity contribution is 5.44. The SMILES string of the molecule is CC(O)C1CC1(N)c1cc(F)ccc1OCc1ccccc1. The summed E-state index contributed by atoms with van der Waals surface area (Å²) in [6.45, 7) is 2.11. The molecule has 0 aliphatic heterocycles. The van der Waals surface area contributed by atoms with Gasteiger partial charge in [-0.25, -0.2) is 4.39 Å². The van der Waals surface area contributed by atoms with Crippen molar-refractivity contribution in [3.8, 4) is 5.75 Å². The minimum Gasteiger partial charge on any atom is -0.489 e. The van der Waals surface area contributed by atoms with Gasteiger partial charge in [0.25, 0.3) is 0 Å². The molecule has 2 aromatic rings. The molecule has 0 amide bonds. The van der Waals surface area contributed by atoms with Crippen LogP contribution in [-0.4, -0.2) is 11.2 Å². The number of ether oxygens (including phenoxy) is 1. The number of benzene rings is 2.